The molecule has 2 amide bonds. The van der Waals surface area contributed by atoms with Crippen molar-refractivity contribution in [1.29, 1.82) is 0 Å². The summed E-state index contributed by atoms with van der Waals surface area (Å²) in [7, 11) is 1.74. The molecule has 0 fully saturated rings. The number of carbonyl (C=O) groups is 2. The average molecular weight is 397 g/mol. The van der Waals surface area contributed by atoms with E-state index in [1.807, 2.05) is 47.8 Å². The topological polar surface area (TPSA) is 58.6 Å². The lowest BCUT2D eigenvalue weighted by Crippen LogP contribution is -2.37. The van der Waals surface area contributed by atoms with Gasteiger partial charge in [0.15, 0.2) is 0 Å². The lowest BCUT2D eigenvalue weighted by molar-refractivity contribution is -0.129. The highest BCUT2D eigenvalue weighted by Gasteiger charge is 2.16. The Kier molecular flexibility index (Phi) is 6.66. The second kappa shape index (κ2) is 9.37. The molecule has 3 rings (SSSR count). The number of ether oxygens (including phenoxy) is 1. The summed E-state index contributed by atoms with van der Waals surface area (Å²) in [6.07, 6.45) is 0.912. The summed E-state index contributed by atoms with van der Waals surface area (Å²) in [6.45, 7) is 3.06. The molecule has 0 bridgehead atoms. The van der Waals surface area contributed by atoms with E-state index >= 15 is 0 Å². The molecule has 146 valence electrons. The molecule has 2 aromatic carbocycles. The van der Waals surface area contributed by atoms with Crippen LogP contribution in [-0.4, -0.2) is 36.9 Å². The molecule has 5 nitrogen and oxygen atoms in total. The number of hydrogen-bond acceptors (Lipinski definition) is 4. The number of likely N-dealkylation sites (N-methyl/N-ethyl adjacent to an activating group) is 1. The number of rotatable bonds is 8. The van der Waals surface area contributed by atoms with Crippen LogP contribution in [0.2, 0.25) is 0 Å². The largest absolute Gasteiger partial charge is 0.493 e. The number of nitrogens with one attached hydrogen (secondary N) is 1. The van der Waals surface area contributed by atoms with Crippen LogP contribution in [0.5, 0.6) is 5.75 Å². The first-order chi connectivity index (χ1) is 13.6. The summed E-state index contributed by atoms with van der Waals surface area (Å²) in [4.78, 5) is 26.8. The van der Waals surface area contributed by atoms with Gasteiger partial charge in [-0.25, -0.2) is 0 Å². The molecule has 0 unspecified atom stereocenters. The standard InChI is InChI=1S/C22H24N2O3S/c1-3-12-27-19-11-10-16-7-4-5-8-17(16)18(19)15-24(2)21(25)14-23-22(26)20-9-6-13-28-20/h4-11,13H,3,12,14-15H2,1-2H3,(H,23,26). The van der Waals surface area contributed by atoms with Crippen molar-refractivity contribution < 1.29 is 14.3 Å². The highest BCUT2D eigenvalue weighted by atomic mass is 32.1. The van der Waals surface area contributed by atoms with Crippen LogP contribution in [0.1, 0.15) is 28.6 Å². The van der Waals surface area contributed by atoms with Crippen molar-refractivity contribution >= 4 is 33.9 Å². The van der Waals surface area contributed by atoms with Crippen LogP contribution in [0.3, 0.4) is 0 Å². The van der Waals surface area contributed by atoms with Gasteiger partial charge in [-0.15, -0.1) is 11.3 Å². The normalized spacial score (nSPS) is 10.6. The van der Waals surface area contributed by atoms with Crippen LogP contribution in [0.25, 0.3) is 10.8 Å². The molecule has 1 N–H and O–H groups in total. The van der Waals surface area contributed by atoms with E-state index in [4.69, 9.17) is 4.74 Å². The van der Waals surface area contributed by atoms with Gasteiger partial charge in [0.1, 0.15) is 5.75 Å². The van der Waals surface area contributed by atoms with Crippen LogP contribution in [0.4, 0.5) is 0 Å². The van der Waals surface area contributed by atoms with Crippen molar-refractivity contribution in [3.05, 3.63) is 64.4 Å². The second-order valence-electron chi connectivity index (χ2n) is 6.52. The van der Waals surface area contributed by atoms with E-state index in [0.717, 1.165) is 28.5 Å². The van der Waals surface area contributed by atoms with E-state index < -0.39 is 0 Å². The molecule has 0 aliphatic heterocycles. The maximum atomic E-state index is 12.6. The lowest BCUT2D eigenvalue weighted by atomic mass is 10.0. The fraction of sp³-hybridized carbons (Fsp3) is 0.273. The van der Waals surface area contributed by atoms with Crippen molar-refractivity contribution in [3.63, 3.8) is 0 Å². The van der Waals surface area contributed by atoms with Gasteiger partial charge in [0.2, 0.25) is 5.91 Å². The summed E-state index contributed by atoms with van der Waals surface area (Å²) in [5.41, 5.74) is 0.979. The zero-order valence-corrected chi connectivity index (χ0v) is 16.9. The summed E-state index contributed by atoms with van der Waals surface area (Å²) in [6, 6.07) is 15.6. The molecule has 0 atom stereocenters. The molecule has 6 heteroatoms. The predicted octanol–water partition coefficient (Wildman–Crippen LogP) is 4.08. The molecular weight excluding hydrogens is 372 g/mol. The number of hydrogen-bond donors (Lipinski definition) is 1. The molecule has 0 saturated carbocycles. The minimum Gasteiger partial charge on any atom is -0.493 e. The number of fused-ring (bicyclic) bond motifs is 1. The molecule has 0 saturated heterocycles. The van der Waals surface area contributed by atoms with E-state index in [0.29, 0.717) is 18.0 Å². The van der Waals surface area contributed by atoms with E-state index in [1.54, 1.807) is 18.0 Å². The number of benzene rings is 2. The Morgan fingerprint density at radius 1 is 1.11 bits per heavy atom. The maximum Gasteiger partial charge on any atom is 0.261 e. The Balaban J connectivity index is 1.73. The highest BCUT2D eigenvalue weighted by Crippen LogP contribution is 2.29. The number of amides is 2. The van der Waals surface area contributed by atoms with Gasteiger partial charge < -0.3 is 15.0 Å². The quantitative estimate of drug-likeness (QED) is 0.624. The fourth-order valence-corrected chi connectivity index (χ4v) is 3.58. The first-order valence-corrected chi connectivity index (χ1v) is 10.2. The first kappa shape index (κ1) is 19.9. The number of thiophene rings is 1. The minimum absolute atomic E-state index is 0.0385. The van der Waals surface area contributed by atoms with E-state index in [1.165, 1.54) is 11.3 Å². The second-order valence-corrected chi connectivity index (χ2v) is 7.47. The monoisotopic (exact) mass is 396 g/mol. The van der Waals surface area contributed by atoms with Crippen molar-refractivity contribution in [3.8, 4) is 5.75 Å². The van der Waals surface area contributed by atoms with Gasteiger partial charge in [-0.2, -0.15) is 0 Å². The minimum atomic E-state index is -0.228. The Labute approximate surface area is 168 Å². The average Bonchev–Trinajstić information content (AvgIpc) is 3.26. The van der Waals surface area contributed by atoms with Crippen LogP contribution in [0.15, 0.2) is 53.9 Å². The van der Waals surface area contributed by atoms with Gasteiger partial charge in [0, 0.05) is 19.2 Å². The maximum absolute atomic E-state index is 12.6. The molecule has 0 radical (unpaired) electrons. The zero-order valence-electron chi connectivity index (χ0n) is 16.1. The van der Waals surface area contributed by atoms with Crippen molar-refractivity contribution in [2.75, 3.05) is 20.2 Å². The molecule has 28 heavy (non-hydrogen) atoms. The molecule has 0 aliphatic carbocycles. The molecule has 0 aliphatic rings. The summed E-state index contributed by atoms with van der Waals surface area (Å²) in [5, 5.41) is 6.69. The third kappa shape index (κ3) is 4.70. The van der Waals surface area contributed by atoms with Gasteiger partial charge in [0.25, 0.3) is 5.91 Å². The Hall–Kier alpha value is -2.86. The Morgan fingerprint density at radius 2 is 1.93 bits per heavy atom. The van der Waals surface area contributed by atoms with E-state index in [-0.39, 0.29) is 18.4 Å². The number of carbonyl (C=O) groups excluding carboxylic acids is 2. The Morgan fingerprint density at radius 3 is 2.68 bits per heavy atom. The van der Waals surface area contributed by atoms with Gasteiger partial charge in [0.05, 0.1) is 18.0 Å². The van der Waals surface area contributed by atoms with Gasteiger partial charge in [-0.1, -0.05) is 43.3 Å². The fourth-order valence-electron chi connectivity index (χ4n) is 2.94. The van der Waals surface area contributed by atoms with Gasteiger partial charge in [-0.3, -0.25) is 9.59 Å². The highest BCUT2D eigenvalue weighted by molar-refractivity contribution is 7.12. The van der Waals surface area contributed by atoms with Crippen LogP contribution >= 0.6 is 11.3 Å². The van der Waals surface area contributed by atoms with E-state index in [9.17, 15) is 9.59 Å². The zero-order chi connectivity index (χ0) is 19.9. The Bertz CT molecular complexity index is 954. The van der Waals surface area contributed by atoms with Crippen molar-refractivity contribution in [1.82, 2.24) is 10.2 Å². The molecule has 3 aromatic rings. The first-order valence-electron chi connectivity index (χ1n) is 9.29. The predicted molar refractivity (Wildman–Crippen MR) is 113 cm³/mol. The lowest BCUT2D eigenvalue weighted by Gasteiger charge is -2.21. The number of nitrogens with zero attached hydrogens (tertiary/aromatic N) is 1. The molecule has 1 aromatic heterocycles. The van der Waals surface area contributed by atoms with Gasteiger partial charge in [-0.05, 0) is 34.7 Å². The van der Waals surface area contributed by atoms with Crippen LogP contribution in [0, 0.1) is 0 Å². The van der Waals surface area contributed by atoms with Crippen LogP contribution < -0.4 is 10.1 Å². The third-order valence-corrected chi connectivity index (χ3v) is 5.29. The van der Waals surface area contributed by atoms with Crippen molar-refractivity contribution in [2.24, 2.45) is 0 Å². The molecular formula is C22H24N2O3S. The SMILES string of the molecule is CCCOc1ccc2ccccc2c1CN(C)C(=O)CNC(=O)c1cccs1. The molecule has 0 spiro atoms. The third-order valence-electron chi connectivity index (χ3n) is 4.43. The summed E-state index contributed by atoms with van der Waals surface area (Å²) >= 11 is 1.35. The van der Waals surface area contributed by atoms with E-state index in [2.05, 4.69) is 12.2 Å². The smallest absolute Gasteiger partial charge is 0.261 e. The van der Waals surface area contributed by atoms with Crippen LogP contribution in [-0.2, 0) is 11.3 Å². The summed E-state index contributed by atoms with van der Waals surface area (Å²) in [5.74, 6) is 0.413. The van der Waals surface area contributed by atoms with Gasteiger partial charge >= 0.3 is 0 Å². The summed E-state index contributed by atoms with van der Waals surface area (Å²) < 4.78 is 5.92. The van der Waals surface area contributed by atoms with Crippen molar-refractivity contribution in [2.45, 2.75) is 19.9 Å². The molecule has 1 heterocycles.